The third-order valence-electron chi connectivity index (χ3n) is 1.73. The Balaban J connectivity index is 2.47. The van der Waals surface area contributed by atoms with Crippen LogP contribution in [0.4, 0.5) is 0 Å². The van der Waals surface area contributed by atoms with Crippen LogP contribution in [0.15, 0.2) is 31.0 Å². The van der Waals surface area contributed by atoms with Crippen molar-refractivity contribution in [2.75, 3.05) is 0 Å². The third-order valence-corrected chi connectivity index (χ3v) is 1.73. The quantitative estimate of drug-likeness (QED) is 0.453. The van der Waals surface area contributed by atoms with Crippen molar-refractivity contribution in [3.8, 4) is 0 Å². The molecule has 15 heavy (non-hydrogen) atoms. The van der Waals surface area contributed by atoms with Crippen molar-refractivity contribution >= 4 is 5.97 Å². The molecule has 0 amide bonds. The maximum atomic E-state index is 11.1. The van der Waals surface area contributed by atoms with Crippen LogP contribution in [0.2, 0.25) is 0 Å². The van der Waals surface area contributed by atoms with Gasteiger partial charge in [0.15, 0.2) is 0 Å². The number of carbonyl (C=O) groups is 1. The van der Waals surface area contributed by atoms with Gasteiger partial charge in [-0.05, 0) is 6.92 Å². The van der Waals surface area contributed by atoms with Crippen molar-refractivity contribution in [1.29, 1.82) is 0 Å². The summed E-state index contributed by atoms with van der Waals surface area (Å²) in [5.41, 5.74) is 1.33. The highest BCUT2D eigenvalue weighted by Crippen LogP contribution is 2.02. The van der Waals surface area contributed by atoms with Crippen LogP contribution >= 0.6 is 0 Å². The number of hydrogen-bond acceptors (Lipinski definition) is 3. The van der Waals surface area contributed by atoms with Gasteiger partial charge in [0.2, 0.25) is 0 Å². The molecule has 0 aliphatic rings. The van der Waals surface area contributed by atoms with E-state index in [1.807, 2.05) is 0 Å². The summed E-state index contributed by atoms with van der Waals surface area (Å²) in [6.45, 7) is 8.85. The number of rotatable bonds is 5. The van der Waals surface area contributed by atoms with Crippen LogP contribution in [0.3, 0.4) is 0 Å². The highest BCUT2D eigenvalue weighted by molar-refractivity contribution is 5.86. The second kappa shape index (κ2) is 5.14. The Labute approximate surface area is 88.7 Å². The van der Waals surface area contributed by atoms with E-state index in [2.05, 4.69) is 23.1 Å². The molecule has 0 aromatic carbocycles. The lowest BCUT2D eigenvalue weighted by Crippen LogP contribution is -2.05. The van der Waals surface area contributed by atoms with E-state index in [0.717, 1.165) is 12.1 Å². The average molecular weight is 206 g/mol. The first-order chi connectivity index (χ1) is 7.13. The lowest BCUT2D eigenvalue weighted by atomic mass is 10.3. The smallest absolute Gasteiger partial charge is 0.333 e. The lowest BCUT2D eigenvalue weighted by Gasteiger charge is -2.00. The molecule has 0 bridgehead atoms. The highest BCUT2D eigenvalue weighted by Gasteiger charge is 2.05. The maximum absolute atomic E-state index is 11.1. The Kier molecular flexibility index (Phi) is 3.85. The van der Waals surface area contributed by atoms with E-state index in [4.69, 9.17) is 4.74 Å². The first-order valence-electron chi connectivity index (χ1n) is 4.59. The standard InChI is InChI=1S/C11H14N2O2/c1-4-5-9-6-12-10(13-9)7-15-11(14)8(2)3/h4,6H,1-2,5,7H2,3H3,(H,12,13). The fraction of sp³-hybridized carbons (Fsp3) is 0.273. The lowest BCUT2D eigenvalue weighted by molar-refractivity contribution is -0.140. The van der Waals surface area contributed by atoms with E-state index in [0.29, 0.717) is 11.4 Å². The van der Waals surface area contributed by atoms with Gasteiger partial charge in [-0.2, -0.15) is 0 Å². The zero-order chi connectivity index (χ0) is 11.3. The summed E-state index contributed by atoms with van der Waals surface area (Å²) in [6.07, 6.45) is 4.20. The number of nitrogens with zero attached hydrogens (tertiary/aromatic N) is 1. The molecule has 0 saturated carbocycles. The van der Waals surface area contributed by atoms with Gasteiger partial charge in [-0.15, -0.1) is 6.58 Å². The molecule has 0 saturated heterocycles. The summed E-state index contributed by atoms with van der Waals surface area (Å²) in [5, 5.41) is 0. The van der Waals surface area contributed by atoms with Gasteiger partial charge >= 0.3 is 5.97 Å². The fourth-order valence-electron chi connectivity index (χ4n) is 0.995. The van der Waals surface area contributed by atoms with Gasteiger partial charge in [-0.25, -0.2) is 9.78 Å². The average Bonchev–Trinajstić information content (AvgIpc) is 2.62. The van der Waals surface area contributed by atoms with Gasteiger partial charge in [0.1, 0.15) is 12.4 Å². The number of imidazole rings is 1. The van der Waals surface area contributed by atoms with Crippen LogP contribution in [0.1, 0.15) is 18.4 Å². The summed E-state index contributed by atoms with van der Waals surface area (Å²) in [7, 11) is 0. The summed E-state index contributed by atoms with van der Waals surface area (Å²) < 4.78 is 4.92. The van der Waals surface area contributed by atoms with E-state index in [9.17, 15) is 4.79 Å². The Morgan fingerprint density at radius 1 is 1.73 bits per heavy atom. The first-order valence-corrected chi connectivity index (χ1v) is 4.59. The molecular weight excluding hydrogens is 192 g/mol. The Morgan fingerprint density at radius 3 is 3.07 bits per heavy atom. The molecule has 0 aliphatic carbocycles. The maximum Gasteiger partial charge on any atom is 0.333 e. The predicted octanol–water partition coefficient (Wildman–Crippen LogP) is 1.76. The summed E-state index contributed by atoms with van der Waals surface area (Å²) in [5.74, 6) is 0.220. The normalized spacial score (nSPS) is 9.67. The minimum atomic E-state index is -0.406. The number of esters is 1. The Morgan fingerprint density at radius 2 is 2.47 bits per heavy atom. The van der Waals surface area contributed by atoms with Gasteiger partial charge in [0.05, 0.1) is 0 Å². The number of nitrogens with one attached hydrogen (secondary N) is 1. The van der Waals surface area contributed by atoms with Crippen LogP contribution in [0, 0.1) is 0 Å². The minimum Gasteiger partial charge on any atom is -0.454 e. The molecular formula is C11H14N2O2. The molecule has 4 heteroatoms. The zero-order valence-electron chi connectivity index (χ0n) is 8.75. The fourth-order valence-corrected chi connectivity index (χ4v) is 0.995. The van der Waals surface area contributed by atoms with Crippen molar-refractivity contribution in [3.63, 3.8) is 0 Å². The van der Waals surface area contributed by atoms with Gasteiger partial charge in [-0.3, -0.25) is 0 Å². The van der Waals surface area contributed by atoms with Gasteiger partial charge in [-0.1, -0.05) is 12.7 Å². The number of hydrogen-bond donors (Lipinski definition) is 1. The molecule has 0 spiro atoms. The van der Waals surface area contributed by atoms with Crippen molar-refractivity contribution in [2.24, 2.45) is 0 Å². The van der Waals surface area contributed by atoms with Crippen LogP contribution in [0.25, 0.3) is 0 Å². The minimum absolute atomic E-state index is 0.142. The molecule has 0 aliphatic heterocycles. The van der Waals surface area contributed by atoms with Gasteiger partial charge in [0.25, 0.3) is 0 Å². The van der Waals surface area contributed by atoms with E-state index in [-0.39, 0.29) is 6.61 Å². The van der Waals surface area contributed by atoms with E-state index in [1.165, 1.54) is 0 Å². The van der Waals surface area contributed by atoms with Crippen molar-refractivity contribution in [3.05, 3.63) is 42.5 Å². The first kappa shape index (κ1) is 11.2. The number of carbonyl (C=O) groups excluding carboxylic acids is 1. The molecule has 1 aromatic rings. The van der Waals surface area contributed by atoms with Crippen molar-refractivity contribution in [2.45, 2.75) is 20.0 Å². The number of aromatic amines is 1. The van der Waals surface area contributed by atoms with Crippen LogP contribution < -0.4 is 0 Å². The third kappa shape index (κ3) is 3.42. The van der Waals surface area contributed by atoms with Crippen LogP contribution in [-0.4, -0.2) is 15.9 Å². The van der Waals surface area contributed by atoms with Gasteiger partial charge in [0, 0.05) is 23.9 Å². The summed E-state index contributed by atoms with van der Waals surface area (Å²) in [4.78, 5) is 18.1. The van der Waals surface area contributed by atoms with Gasteiger partial charge < -0.3 is 9.72 Å². The molecule has 1 aromatic heterocycles. The van der Waals surface area contributed by atoms with E-state index < -0.39 is 5.97 Å². The van der Waals surface area contributed by atoms with E-state index >= 15 is 0 Å². The molecule has 1 heterocycles. The summed E-state index contributed by atoms with van der Waals surface area (Å²) >= 11 is 0. The molecule has 0 atom stereocenters. The topological polar surface area (TPSA) is 55.0 Å². The molecule has 1 rings (SSSR count). The van der Waals surface area contributed by atoms with E-state index in [1.54, 1.807) is 19.2 Å². The van der Waals surface area contributed by atoms with Crippen molar-refractivity contribution < 1.29 is 9.53 Å². The number of H-pyrrole nitrogens is 1. The molecule has 80 valence electrons. The zero-order valence-corrected chi connectivity index (χ0v) is 8.75. The molecule has 4 nitrogen and oxygen atoms in total. The number of allylic oxidation sites excluding steroid dienone is 1. The molecule has 0 radical (unpaired) electrons. The molecule has 0 unspecified atom stereocenters. The van der Waals surface area contributed by atoms with Crippen molar-refractivity contribution in [1.82, 2.24) is 9.97 Å². The van der Waals surface area contributed by atoms with Crippen LogP contribution in [0.5, 0.6) is 0 Å². The SMILES string of the molecule is C=CCc1cnc(COC(=O)C(=C)C)[nH]1. The number of aromatic nitrogens is 2. The Bertz CT molecular complexity index is 380. The Hall–Kier alpha value is -1.84. The molecule has 1 N–H and O–H groups in total. The summed E-state index contributed by atoms with van der Waals surface area (Å²) in [6, 6.07) is 0. The number of ether oxygens (including phenoxy) is 1. The second-order valence-corrected chi connectivity index (χ2v) is 3.20. The second-order valence-electron chi connectivity index (χ2n) is 3.20. The largest absolute Gasteiger partial charge is 0.454 e. The molecule has 0 fully saturated rings. The predicted molar refractivity (Wildman–Crippen MR) is 57.1 cm³/mol. The highest BCUT2D eigenvalue weighted by atomic mass is 16.5. The monoisotopic (exact) mass is 206 g/mol. The van der Waals surface area contributed by atoms with Crippen LogP contribution in [-0.2, 0) is 22.6 Å².